The van der Waals surface area contributed by atoms with Crippen molar-refractivity contribution in [1.29, 1.82) is 0 Å². The van der Waals surface area contributed by atoms with Gasteiger partial charge >= 0.3 is 0 Å². The molecule has 1 atom stereocenters. The fourth-order valence-electron chi connectivity index (χ4n) is 3.29. The third kappa shape index (κ3) is 5.27. The Balaban J connectivity index is 2.01. The second-order valence-electron chi connectivity index (χ2n) is 9.31. The highest BCUT2D eigenvalue weighted by Gasteiger charge is 2.37. The van der Waals surface area contributed by atoms with E-state index in [2.05, 4.69) is 54.8 Å². The van der Waals surface area contributed by atoms with E-state index in [4.69, 9.17) is 9.16 Å². The first-order valence-corrected chi connectivity index (χ1v) is 14.2. The van der Waals surface area contributed by atoms with E-state index in [1.807, 2.05) is 42.5 Å². The highest BCUT2D eigenvalue weighted by molar-refractivity contribution is 9.10. The molecule has 31 heavy (non-hydrogen) atoms. The summed E-state index contributed by atoms with van der Waals surface area (Å²) in [6, 6.07) is 13.2. The Bertz CT molecular complexity index is 1120. The van der Waals surface area contributed by atoms with Gasteiger partial charge in [0.1, 0.15) is 5.75 Å². The Hall–Kier alpha value is -1.96. The quantitative estimate of drug-likeness (QED) is 0.362. The lowest BCUT2D eigenvalue weighted by atomic mass is 10.0. The van der Waals surface area contributed by atoms with E-state index in [0.717, 1.165) is 15.8 Å². The van der Waals surface area contributed by atoms with Gasteiger partial charge in [-0.05, 0) is 60.4 Å². The van der Waals surface area contributed by atoms with Gasteiger partial charge in [-0.2, -0.15) is 0 Å². The smallest absolute Gasteiger partial charge is 0.261 e. The zero-order valence-corrected chi connectivity index (χ0v) is 21.7. The monoisotopic (exact) mass is 502 g/mol. The van der Waals surface area contributed by atoms with Crippen molar-refractivity contribution < 1.29 is 9.16 Å². The van der Waals surface area contributed by atoms with Gasteiger partial charge in [-0.3, -0.25) is 9.36 Å². The van der Waals surface area contributed by atoms with Crippen molar-refractivity contribution in [2.24, 2.45) is 0 Å². The summed E-state index contributed by atoms with van der Waals surface area (Å²) in [7, 11) is -0.241. The highest BCUT2D eigenvalue weighted by atomic mass is 79.9. The maximum absolute atomic E-state index is 13.4. The summed E-state index contributed by atoms with van der Waals surface area (Å²) >= 11 is 3.47. The molecule has 166 valence electrons. The van der Waals surface area contributed by atoms with E-state index in [0.29, 0.717) is 23.9 Å². The van der Waals surface area contributed by atoms with Crippen LogP contribution in [0.5, 0.6) is 5.75 Å². The Labute approximate surface area is 193 Å². The summed E-state index contributed by atoms with van der Waals surface area (Å²) in [5, 5.41) is 0.724. The van der Waals surface area contributed by atoms with Gasteiger partial charge in [-0.1, -0.05) is 48.8 Å². The zero-order chi connectivity index (χ0) is 22.8. The highest BCUT2D eigenvalue weighted by Crippen LogP contribution is 2.37. The summed E-state index contributed by atoms with van der Waals surface area (Å²) < 4.78 is 14.4. The molecule has 0 spiro atoms. The van der Waals surface area contributed by atoms with Crippen LogP contribution in [-0.4, -0.2) is 31.6 Å². The summed E-state index contributed by atoms with van der Waals surface area (Å²) in [6.07, 6.45) is 2.32. The molecule has 7 heteroatoms. The van der Waals surface area contributed by atoms with Crippen LogP contribution in [0.3, 0.4) is 0 Å². The normalized spacial score (nSPS) is 13.4. The Morgan fingerprint density at radius 2 is 1.90 bits per heavy atom. The molecule has 1 aromatic heterocycles. The van der Waals surface area contributed by atoms with Crippen LogP contribution in [0.1, 0.15) is 38.8 Å². The largest absolute Gasteiger partial charge is 0.497 e. The molecular formula is C24H31BrN2O3Si. The molecular weight excluding hydrogens is 472 g/mol. The molecule has 0 aliphatic heterocycles. The number of fused-ring (bicyclic) bond motifs is 1. The minimum atomic E-state index is -1.89. The topological polar surface area (TPSA) is 53.4 Å². The minimum Gasteiger partial charge on any atom is -0.497 e. The molecule has 2 aromatic carbocycles. The SMILES string of the molecule is COc1cccc(C(CCO[Si](C)(C)C(C)(C)C)n2cnc3ccc(Br)cc3c2=O)c1. The molecule has 0 saturated heterocycles. The van der Waals surface area contributed by atoms with Crippen LogP contribution in [0.4, 0.5) is 0 Å². The maximum atomic E-state index is 13.4. The summed E-state index contributed by atoms with van der Waals surface area (Å²) in [4.78, 5) is 18.0. The zero-order valence-electron chi connectivity index (χ0n) is 19.1. The second-order valence-corrected chi connectivity index (χ2v) is 15.0. The molecule has 0 saturated carbocycles. The minimum absolute atomic E-state index is 0.0635. The van der Waals surface area contributed by atoms with Crippen LogP contribution in [0, 0.1) is 0 Å². The molecule has 0 aliphatic rings. The molecule has 0 fully saturated rings. The molecule has 0 radical (unpaired) electrons. The predicted octanol–water partition coefficient (Wildman–Crippen LogP) is 6.17. The molecule has 3 aromatic rings. The molecule has 5 nitrogen and oxygen atoms in total. The van der Waals surface area contributed by atoms with Crippen LogP contribution in [-0.2, 0) is 4.43 Å². The number of nitrogens with zero attached hydrogens (tertiary/aromatic N) is 2. The first-order chi connectivity index (χ1) is 14.5. The maximum Gasteiger partial charge on any atom is 0.261 e. The van der Waals surface area contributed by atoms with Crippen molar-refractivity contribution in [3.05, 3.63) is 69.2 Å². The second kappa shape index (κ2) is 9.26. The Morgan fingerprint density at radius 1 is 1.16 bits per heavy atom. The van der Waals surface area contributed by atoms with E-state index >= 15 is 0 Å². The Kier molecular flexibility index (Phi) is 7.08. The van der Waals surface area contributed by atoms with Gasteiger partial charge in [0.2, 0.25) is 0 Å². The van der Waals surface area contributed by atoms with E-state index in [1.165, 1.54) is 0 Å². The van der Waals surface area contributed by atoms with Crippen molar-refractivity contribution in [1.82, 2.24) is 9.55 Å². The first kappa shape index (κ1) is 23.7. The molecule has 3 rings (SSSR count). The number of halogens is 1. The molecule has 1 unspecified atom stereocenters. The first-order valence-electron chi connectivity index (χ1n) is 10.5. The number of benzene rings is 2. The van der Waals surface area contributed by atoms with Gasteiger partial charge in [0.25, 0.3) is 5.56 Å². The summed E-state index contributed by atoms with van der Waals surface area (Å²) in [6.45, 7) is 11.8. The number of rotatable bonds is 7. The number of aromatic nitrogens is 2. The van der Waals surface area contributed by atoms with Crippen molar-refractivity contribution in [2.45, 2.75) is 51.4 Å². The lowest BCUT2D eigenvalue weighted by Gasteiger charge is -2.36. The van der Waals surface area contributed by atoms with E-state index < -0.39 is 8.32 Å². The molecule has 0 bridgehead atoms. The third-order valence-corrected chi connectivity index (χ3v) is 11.3. The van der Waals surface area contributed by atoms with Gasteiger partial charge in [-0.25, -0.2) is 4.98 Å². The van der Waals surface area contributed by atoms with Crippen molar-refractivity contribution in [3.8, 4) is 5.75 Å². The number of hydrogen-bond donors (Lipinski definition) is 0. The predicted molar refractivity (Wildman–Crippen MR) is 133 cm³/mol. The number of hydrogen-bond acceptors (Lipinski definition) is 4. The van der Waals surface area contributed by atoms with Gasteiger partial charge < -0.3 is 9.16 Å². The standard InChI is InChI=1S/C24H31BrN2O3Si/c1-24(2,3)31(5,6)30-13-12-22(17-8-7-9-19(14-17)29-4)27-16-26-21-11-10-18(25)15-20(21)23(27)28/h7-11,14-16,22H,12-13H2,1-6H3. The van der Waals surface area contributed by atoms with Crippen LogP contribution >= 0.6 is 15.9 Å². The van der Waals surface area contributed by atoms with Gasteiger partial charge in [0.15, 0.2) is 8.32 Å². The average Bonchev–Trinajstić information content (AvgIpc) is 2.71. The van der Waals surface area contributed by atoms with E-state index in [-0.39, 0.29) is 16.6 Å². The molecule has 0 N–H and O–H groups in total. The summed E-state index contributed by atoms with van der Waals surface area (Å²) in [5.74, 6) is 0.761. The van der Waals surface area contributed by atoms with E-state index in [9.17, 15) is 4.79 Å². The number of ether oxygens (including phenoxy) is 1. The average molecular weight is 504 g/mol. The van der Waals surface area contributed by atoms with E-state index in [1.54, 1.807) is 18.0 Å². The van der Waals surface area contributed by atoms with Crippen molar-refractivity contribution >= 4 is 35.2 Å². The number of methoxy groups -OCH3 is 1. The van der Waals surface area contributed by atoms with Crippen LogP contribution < -0.4 is 10.3 Å². The fourth-order valence-corrected chi connectivity index (χ4v) is 4.71. The molecule has 0 amide bonds. The van der Waals surface area contributed by atoms with Gasteiger partial charge in [-0.15, -0.1) is 0 Å². The lowest BCUT2D eigenvalue weighted by molar-refractivity contribution is 0.263. The molecule has 1 heterocycles. The summed E-state index contributed by atoms with van der Waals surface area (Å²) in [5.41, 5.74) is 1.62. The van der Waals surface area contributed by atoms with Crippen molar-refractivity contribution in [3.63, 3.8) is 0 Å². The van der Waals surface area contributed by atoms with Crippen LogP contribution in [0.2, 0.25) is 18.1 Å². The van der Waals surface area contributed by atoms with Gasteiger partial charge in [0, 0.05) is 11.1 Å². The molecule has 0 aliphatic carbocycles. The Morgan fingerprint density at radius 3 is 2.58 bits per heavy atom. The van der Waals surface area contributed by atoms with Crippen LogP contribution in [0.25, 0.3) is 10.9 Å². The van der Waals surface area contributed by atoms with Crippen molar-refractivity contribution in [2.75, 3.05) is 13.7 Å². The fraction of sp³-hybridized carbons (Fsp3) is 0.417. The third-order valence-electron chi connectivity index (χ3n) is 6.22. The lowest BCUT2D eigenvalue weighted by Crippen LogP contribution is -2.41. The van der Waals surface area contributed by atoms with Gasteiger partial charge in [0.05, 0.1) is 30.4 Å². The van der Waals surface area contributed by atoms with Crippen LogP contribution in [0.15, 0.2) is 58.1 Å².